The maximum absolute atomic E-state index is 14.0. The summed E-state index contributed by atoms with van der Waals surface area (Å²) in [5.41, 5.74) is 5.62. The minimum absolute atomic E-state index is 0.0316. The van der Waals surface area contributed by atoms with Crippen molar-refractivity contribution in [3.05, 3.63) is 29.3 Å². The molecule has 2 nitrogen and oxygen atoms in total. The Labute approximate surface area is 111 Å². The second kappa shape index (κ2) is 5.18. The van der Waals surface area contributed by atoms with Crippen molar-refractivity contribution in [2.75, 3.05) is 11.4 Å². The van der Waals surface area contributed by atoms with E-state index < -0.39 is 11.6 Å². The number of nitrogens with two attached hydrogens (primary N) is 1. The molecular weight excluding hydrogens is 254 g/mol. The average Bonchev–Trinajstić information content (AvgIpc) is 2.33. The highest BCUT2D eigenvalue weighted by molar-refractivity contribution is 7.80. The second-order valence-corrected chi connectivity index (χ2v) is 5.10. The van der Waals surface area contributed by atoms with E-state index in [1.54, 1.807) is 6.07 Å². The molecule has 1 unspecified atom stereocenters. The highest BCUT2D eigenvalue weighted by atomic mass is 32.1. The van der Waals surface area contributed by atoms with Crippen LogP contribution in [-0.4, -0.2) is 17.6 Å². The molecule has 1 saturated heterocycles. The number of piperidine rings is 1. The predicted molar refractivity (Wildman–Crippen MR) is 72.9 cm³/mol. The summed E-state index contributed by atoms with van der Waals surface area (Å²) in [6, 6.07) is 3.25. The molecule has 1 aromatic rings. The van der Waals surface area contributed by atoms with E-state index in [1.165, 1.54) is 6.07 Å². The van der Waals surface area contributed by atoms with E-state index in [-0.39, 0.29) is 16.6 Å². The van der Waals surface area contributed by atoms with Crippen LogP contribution in [0.25, 0.3) is 0 Å². The maximum Gasteiger partial charge on any atom is 0.182 e. The lowest BCUT2D eigenvalue weighted by molar-refractivity contribution is 0.461. The van der Waals surface area contributed by atoms with Crippen LogP contribution in [-0.2, 0) is 0 Å². The Balaban J connectivity index is 2.40. The van der Waals surface area contributed by atoms with Gasteiger partial charge in [-0.25, -0.2) is 8.78 Å². The van der Waals surface area contributed by atoms with Crippen molar-refractivity contribution in [3.8, 4) is 0 Å². The lowest BCUT2D eigenvalue weighted by Crippen LogP contribution is -2.38. The van der Waals surface area contributed by atoms with Crippen LogP contribution < -0.4 is 10.6 Å². The molecule has 0 amide bonds. The Kier molecular flexibility index (Phi) is 3.80. The van der Waals surface area contributed by atoms with Gasteiger partial charge in [-0.05, 0) is 38.3 Å². The van der Waals surface area contributed by atoms with Crippen LogP contribution in [0.5, 0.6) is 0 Å². The maximum atomic E-state index is 14.0. The first kappa shape index (κ1) is 13.2. The van der Waals surface area contributed by atoms with Crippen molar-refractivity contribution < 1.29 is 8.78 Å². The third-order valence-corrected chi connectivity index (χ3v) is 3.66. The first-order chi connectivity index (χ1) is 8.52. The number of thiocarbonyl (C=S) groups is 1. The van der Waals surface area contributed by atoms with Crippen molar-refractivity contribution in [1.29, 1.82) is 0 Å². The van der Waals surface area contributed by atoms with E-state index in [4.69, 9.17) is 5.73 Å². The standard InChI is InChI=1S/C13H16F2N2S/c1-8-4-2-3-7-17(8)10-6-5-9(13(16)18)11(14)12(10)15/h5-6,8H,2-4,7H2,1H3,(H2,16,18). The Morgan fingerprint density at radius 2 is 2.06 bits per heavy atom. The normalized spacial score (nSPS) is 19.9. The van der Waals surface area contributed by atoms with Crippen LogP contribution in [0.3, 0.4) is 0 Å². The first-order valence-electron chi connectivity index (χ1n) is 6.07. The van der Waals surface area contributed by atoms with Crippen LogP contribution in [0, 0.1) is 11.6 Å². The van der Waals surface area contributed by atoms with E-state index in [9.17, 15) is 8.78 Å². The molecule has 0 aromatic heterocycles. The van der Waals surface area contributed by atoms with Crippen LogP contribution in [0.1, 0.15) is 31.7 Å². The van der Waals surface area contributed by atoms with Gasteiger partial charge in [0.1, 0.15) is 4.99 Å². The minimum atomic E-state index is -0.947. The molecule has 1 aromatic carbocycles. The number of benzene rings is 1. The number of halogens is 2. The summed E-state index contributed by atoms with van der Waals surface area (Å²) in [6.45, 7) is 2.78. The quantitative estimate of drug-likeness (QED) is 0.838. The summed E-state index contributed by atoms with van der Waals surface area (Å²) in [5.74, 6) is -1.80. The van der Waals surface area contributed by atoms with Gasteiger partial charge in [0.2, 0.25) is 0 Å². The van der Waals surface area contributed by atoms with Crippen LogP contribution in [0.4, 0.5) is 14.5 Å². The number of hydrogen-bond acceptors (Lipinski definition) is 2. The SMILES string of the molecule is CC1CCCCN1c1ccc(C(N)=S)c(F)c1F. The minimum Gasteiger partial charge on any atom is -0.389 e. The highest BCUT2D eigenvalue weighted by Gasteiger charge is 2.24. The van der Waals surface area contributed by atoms with Crippen LogP contribution >= 0.6 is 12.2 Å². The van der Waals surface area contributed by atoms with E-state index in [2.05, 4.69) is 12.2 Å². The fourth-order valence-electron chi connectivity index (χ4n) is 2.41. The van der Waals surface area contributed by atoms with Gasteiger partial charge in [0.05, 0.1) is 5.69 Å². The zero-order valence-electron chi connectivity index (χ0n) is 10.2. The molecule has 1 aliphatic heterocycles. The molecule has 5 heteroatoms. The number of nitrogens with zero attached hydrogens (tertiary/aromatic N) is 1. The molecule has 2 rings (SSSR count). The highest BCUT2D eigenvalue weighted by Crippen LogP contribution is 2.29. The molecule has 0 spiro atoms. The summed E-state index contributed by atoms with van der Waals surface area (Å²) >= 11 is 4.69. The average molecular weight is 270 g/mol. The van der Waals surface area contributed by atoms with Crippen molar-refractivity contribution in [2.24, 2.45) is 5.73 Å². The fraction of sp³-hybridized carbons (Fsp3) is 0.462. The number of hydrogen-bond donors (Lipinski definition) is 1. The molecule has 2 N–H and O–H groups in total. The van der Waals surface area contributed by atoms with Crippen LogP contribution in [0.2, 0.25) is 0 Å². The van der Waals surface area contributed by atoms with Gasteiger partial charge >= 0.3 is 0 Å². The van der Waals surface area contributed by atoms with Gasteiger partial charge in [-0.1, -0.05) is 12.2 Å². The first-order valence-corrected chi connectivity index (χ1v) is 6.47. The molecule has 0 radical (unpaired) electrons. The largest absolute Gasteiger partial charge is 0.389 e. The van der Waals surface area contributed by atoms with Gasteiger partial charge in [0, 0.05) is 18.2 Å². The van der Waals surface area contributed by atoms with E-state index in [0.29, 0.717) is 5.69 Å². The van der Waals surface area contributed by atoms with Gasteiger partial charge in [0.15, 0.2) is 11.6 Å². The van der Waals surface area contributed by atoms with Gasteiger partial charge in [0.25, 0.3) is 0 Å². The van der Waals surface area contributed by atoms with Crippen molar-refractivity contribution in [2.45, 2.75) is 32.2 Å². The van der Waals surface area contributed by atoms with E-state index in [0.717, 1.165) is 25.8 Å². The summed E-state index contributed by atoms with van der Waals surface area (Å²) in [6.07, 6.45) is 3.13. The lowest BCUT2D eigenvalue weighted by Gasteiger charge is -2.35. The van der Waals surface area contributed by atoms with Gasteiger partial charge in [-0.3, -0.25) is 0 Å². The molecule has 1 atom stereocenters. The summed E-state index contributed by atoms with van der Waals surface area (Å²) in [5, 5.41) is 0. The summed E-state index contributed by atoms with van der Waals surface area (Å²) in [4.78, 5) is 1.79. The Hall–Kier alpha value is -1.23. The molecule has 0 saturated carbocycles. The predicted octanol–water partition coefficient (Wildman–Crippen LogP) is 2.98. The second-order valence-electron chi connectivity index (χ2n) is 4.66. The van der Waals surface area contributed by atoms with Crippen molar-refractivity contribution in [1.82, 2.24) is 0 Å². The lowest BCUT2D eigenvalue weighted by atomic mass is 10.0. The number of rotatable bonds is 2. The molecule has 98 valence electrons. The van der Waals surface area contributed by atoms with Gasteiger partial charge in [-0.2, -0.15) is 0 Å². The van der Waals surface area contributed by atoms with Gasteiger partial charge < -0.3 is 10.6 Å². The molecule has 1 aliphatic rings. The fourth-order valence-corrected chi connectivity index (χ4v) is 2.57. The zero-order chi connectivity index (χ0) is 13.3. The third-order valence-electron chi connectivity index (χ3n) is 3.44. The molecule has 0 aliphatic carbocycles. The molecule has 1 heterocycles. The Bertz CT molecular complexity index is 476. The summed E-state index contributed by atoms with van der Waals surface area (Å²) < 4.78 is 27.9. The van der Waals surface area contributed by atoms with Gasteiger partial charge in [-0.15, -0.1) is 0 Å². The molecule has 1 fully saturated rings. The van der Waals surface area contributed by atoms with Crippen molar-refractivity contribution in [3.63, 3.8) is 0 Å². The molecule has 0 bridgehead atoms. The topological polar surface area (TPSA) is 29.3 Å². The smallest absolute Gasteiger partial charge is 0.182 e. The number of anilines is 1. The van der Waals surface area contributed by atoms with E-state index in [1.807, 2.05) is 11.8 Å². The summed E-state index contributed by atoms with van der Waals surface area (Å²) in [7, 11) is 0. The van der Waals surface area contributed by atoms with Crippen LogP contribution in [0.15, 0.2) is 12.1 Å². The Morgan fingerprint density at radius 1 is 1.33 bits per heavy atom. The van der Waals surface area contributed by atoms with E-state index >= 15 is 0 Å². The van der Waals surface area contributed by atoms with Crippen molar-refractivity contribution >= 4 is 22.9 Å². The zero-order valence-corrected chi connectivity index (χ0v) is 11.1. The third kappa shape index (κ3) is 2.32. The Morgan fingerprint density at radius 3 is 2.67 bits per heavy atom. The molecule has 18 heavy (non-hydrogen) atoms. The monoisotopic (exact) mass is 270 g/mol. The molecular formula is C13H16F2N2S.